The summed E-state index contributed by atoms with van der Waals surface area (Å²) in [6.45, 7) is 3.80. The Morgan fingerprint density at radius 3 is 2.87 bits per heavy atom. The number of aryl methyl sites for hydroxylation is 1. The molecular formula is C13H14O2. The van der Waals surface area contributed by atoms with Gasteiger partial charge in [0.1, 0.15) is 0 Å². The van der Waals surface area contributed by atoms with E-state index in [1.807, 2.05) is 37.3 Å². The largest absolute Gasteiger partial charge is 0.481 e. The van der Waals surface area contributed by atoms with Crippen molar-refractivity contribution >= 4 is 12.0 Å². The summed E-state index contributed by atoms with van der Waals surface area (Å²) in [5.74, 6) is -0.753. The van der Waals surface area contributed by atoms with Crippen LogP contribution in [0, 0.1) is 6.92 Å². The summed E-state index contributed by atoms with van der Waals surface area (Å²) in [6.07, 6.45) is 4.52. The molecule has 0 saturated heterocycles. The molecule has 1 aromatic carbocycles. The van der Waals surface area contributed by atoms with Crippen LogP contribution in [0.5, 0.6) is 0 Å². The molecular weight excluding hydrogens is 188 g/mol. The first kappa shape index (κ1) is 9.97. The fourth-order valence-electron chi connectivity index (χ4n) is 2.06. The summed E-state index contributed by atoms with van der Waals surface area (Å²) < 4.78 is 0. The minimum atomic E-state index is -0.766. The summed E-state index contributed by atoms with van der Waals surface area (Å²) in [6, 6.07) is 5.94. The van der Waals surface area contributed by atoms with E-state index in [9.17, 15) is 9.90 Å². The van der Waals surface area contributed by atoms with E-state index in [-0.39, 0.29) is 0 Å². The van der Waals surface area contributed by atoms with Crippen LogP contribution >= 0.6 is 0 Å². The Kier molecular flexibility index (Phi) is 2.14. The highest BCUT2D eigenvalue weighted by Crippen LogP contribution is 2.36. The van der Waals surface area contributed by atoms with Gasteiger partial charge in [0, 0.05) is 0 Å². The normalized spacial score (nSPS) is 23.6. The fourth-order valence-corrected chi connectivity index (χ4v) is 2.06. The summed E-state index contributed by atoms with van der Waals surface area (Å²) in [4.78, 5) is 11.3. The predicted molar refractivity (Wildman–Crippen MR) is 59.8 cm³/mol. The lowest BCUT2D eigenvalue weighted by atomic mass is 9.74. The van der Waals surface area contributed by atoms with Gasteiger partial charge in [0.2, 0.25) is 0 Å². The molecule has 0 aliphatic heterocycles. The van der Waals surface area contributed by atoms with Crippen molar-refractivity contribution in [3.8, 4) is 0 Å². The second-order valence-corrected chi connectivity index (χ2v) is 4.33. The number of rotatable bonds is 1. The molecule has 78 valence electrons. The first-order valence-corrected chi connectivity index (χ1v) is 5.05. The molecule has 0 bridgehead atoms. The minimum absolute atomic E-state index is 0.568. The third-order valence-corrected chi connectivity index (χ3v) is 3.10. The third kappa shape index (κ3) is 1.46. The predicted octanol–water partition coefficient (Wildman–Crippen LogP) is 2.75. The average Bonchev–Trinajstić information content (AvgIpc) is 2.17. The molecule has 0 amide bonds. The molecule has 1 aliphatic carbocycles. The zero-order valence-electron chi connectivity index (χ0n) is 8.95. The molecule has 1 unspecified atom stereocenters. The maximum absolute atomic E-state index is 11.3. The lowest BCUT2D eigenvalue weighted by Gasteiger charge is -2.29. The Morgan fingerprint density at radius 1 is 1.47 bits per heavy atom. The van der Waals surface area contributed by atoms with E-state index in [4.69, 9.17) is 0 Å². The highest BCUT2D eigenvalue weighted by Gasteiger charge is 2.37. The summed E-state index contributed by atoms with van der Waals surface area (Å²) in [7, 11) is 0. The second-order valence-electron chi connectivity index (χ2n) is 4.33. The van der Waals surface area contributed by atoms with Gasteiger partial charge < -0.3 is 5.11 Å². The summed E-state index contributed by atoms with van der Waals surface area (Å²) >= 11 is 0. The van der Waals surface area contributed by atoms with Crippen molar-refractivity contribution in [2.45, 2.75) is 25.7 Å². The van der Waals surface area contributed by atoms with Crippen molar-refractivity contribution in [1.82, 2.24) is 0 Å². The number of carboxylic acids is 1. The molecule has 2 nitrogen and oxygen atoms in total. The molecule has 1 atom stereocenters. The topological polar surface area (TPSA) is 37.3 Å². The quantitative estimate of drug-likeness (QED) is 0.760. The number of allylic oxidation sites excluding steroid dienone is 1. The average molecular weight is 202 g/mol. The van der Waals surface area contributed by atoms with E-state index in [2.05, 4.69) is 0 Å². The van der Waals surface area contributed by atoms with E-state index in [0.29, 0.717) is 6.42 Å². The summed E-state index contributed by atoms with van der Waals surface area (Å²) in [5.41, 5.74) is 2.35. The van der Waals surface area contributed by atoms with E-state index in [0.717, 1.165) is 16.7 Å². The fraction of sp³-hybridized carbons (Fsp3) is 0.308. The van der Waals surface area contributed by atoms with Crippen molar-refractivity contribution in [1.29, 1.82) is 0 Å². The molecule has 0 fully saturated rings. The van der Waals surface area contributed by atoms with E-state index < -0.39 is 11.4 Å². The number of fused-ring (bicyclic) bond motifs is 1. The smallest absolute Gasteiger partial charge is 0.314 e. The Hall–Kier alpha value is -1.57. The molecule has 0 aromatic heterocycles. The Bertz CT molecular complexity index is 446. The van der Waals surface area contributed by atoms with Gasteiger partial charge in [-0.1, -0.05) is 35.9 Å². The Balaban J connectivity index is 2.62. The van der Waals surface area contributed by atoms with Gasteiger partial charge in [-0.15, -0.1) is 0 Å². The number of aliphatic carboxylic acids is 1. The Labute approximate surface area is 89.2 Å². The lowest BCUT2D eigenvalue weighted by molar-refractivity contribution is -0.143. The van der Waals surface area contributed by atoms with Crippen LogP contribution in [-0.2, 0) is 10.2 Å². The molecule has 0 saturated carbocycles. The summed E-state index contributed by atoms with van der Waals surface area (Å²) in [5, 5.41) is 9.28. The van der Waals surface area contributed by atoms with Gasteiger partial charge in [-0.2, -0.15) is 0 Å². The van der Waals surface area contributed by atoms with Crippen molar-refractivity contribution in [2.24, 2.45) is 0 Å². The van der Waals surface area contributed by atoms with E-state index in [1.54, 1.807) is 6.92 Å². The van der Waals surface area contributed by atoms with Gasteiger partial charge in [0.05, 0.1) is 5.41 Å². The van der Waals surface area contributed by atoms with Crippen LogP contribution in [0.1, 0.15) is 30.0 Å². The van der Waals surface area contributed by atoms with E-state index in [1.165, 1.54) is 0 Å². The Morgan fingerprint density at radius 2 is 2.20 bits per heavy atom. The first-order valence-electron chi connectivity index (χ1n) is 5.05. The molecule has 0 heterocycles. The van der Waals surface area contributed by atoms with Crippen LogP contribution in [0.4, 0.5) is 0 Å². The molecule has 2 rings (SSSR count). The molecule has 0 radical (unpaired) electrons. The van der Waals surface area contributed by atoms with Gasteiger partial charge in [-0.3, -0.25) is 4.79 Å². The number of hydrogen-bond acceptors (Lipinski definition) is 1. The van der Waals surface area contributed by atoms with Crippen LogP contribution in [0.3, 0.4) is 0 Å². The van der Waals surface area contributed by atoms with Crippen molar-refractivity contribution in [3.63, 3.8) is 0 Å². The monoisotopic (exact) mass is 202 g/mol. The van der Waals surface area contributed by atoms with Gasteiger partial charge >= 0.3 is 5.97 Å². The molecule has 0 spiro atoms. The van der Waals surface area contributed by atoms with Gasteiger partial charge in [0.25, 0.3) is 0 Å². The second kappa shape index (κ2) is 3.23. The van der Waals surface area contributed by atoms with Crippen LogP contribution in [0.15, 0.2) is 24.3 Å². The van der Waals surface area contributed by atoms with Crippen LogP contribution in [-0.4, -0.2) is 11.1 Å². The number of carbonyl (C=O) groups is 1. The lowest BCUT2D eigenvalue weighted by Crippen LogP contribution is -2.33. The molecule has 1 N–H and O–H groups in total. The van der Waals surface area contributed by atoms with Crippen molar-refractivity contribution < 1.29 is 9.90 Å². The van der Waals surface area contributed by atoms with Crippen LogP contribution in [0.2, 0.25) is 0 Å². The van der Waals surface area contributed by atoms with E-state index >= 15 is 0 Å². The number of carboxylic acid groups (broad SMARTS) is 1. The van der Waals surface area contributed by atoms with Crippen LogP contribution in [0.25, 0.3) is 6.08 Å². The van der Waals surface area contributed by atoms with Crippen molar-refractivity contribution in [3.05, 3.63) is 41.0 Å². The first-order chi connectivity index (χ1) is 7.04. The maximum atomic E-state index is 11.3. The standard InChI is InChI=1S/C13H14O2/c1-9-5-6-11-10(8-9)4-3-7-13(11,2)12(14)15/h3-6,8H,7H2,1-2H3,(H,14,15). The van der Waals surface area contributed by atoms with Gasteiger partial charge in [-0.05, 0) is 31.4 Å². The molecule has 1 aromatic rings. The van der Waals surface area contributed by atoms with Crippen LogP contribution < -0.4 is 0 Å². The van der Waals surface area contributed by atoms with Gasteiger partial charge in [0.15, 0.2) is 0 Å². The highest BCUT2D eigenvalue weighted by atomic mass is 16.4. The third-order valence-electron chi connectivity index (χ3n) is 3.10. The van der Waals surface area contributed by atoms with Crippen molar-refractivity contribution in [2.75, 3.05) is 0 Å². The highest BCUT2D eigenvalue weighted by molar-refractivity contribution is 5.84. The number of hydrogen-bond donors (Lipinski definition) is 1. The zero-order valence-corrected chi connectivity index (χ0v) is 8.95. The minimum Gasteiger partial charge on any atom is -0.481 e. The number of benzene rings is 1. The van der Waals surface area contributed by atoms with Gasteiger partial charge in [-0.25, -0.2) is 0 Å². The molecule has 1 aliphatic rings. The molecule has 2 heteroatoms. The zero-order chi connectivity index (χ0) is 11.1. The SMILES string of the molecule is Cc1ccc2c(c1)C=CCC2(C)C(=O)O. The molecule has 15 heavy (non-hydrogen) atoms. The maximum Gasteiger partial charge on any atom is 0.314 e.